The molecule has 24 heavy (non-hydrogen) atoms. The van der Waals surface area contributed by atoms with Crippen LogP contribution in [-0.2, 0) is 31.2 Å². The quantitative estimate of drug-likeness (QED) is 0.745. The highest BCUT2D eigenvalue weighted by Gasteiger charge is 2.50. The van der Waals surface area contributed by atoms with Crippen LogP contribution >= 0.6 is 0 Å². The molecular formula is C16H20N2O4S2. The minimum Gasteiger partial charge on any atom is -0.327 e. The Morgan fingerprint density at radius 3 is 1.33 bits per heavy atom. The Hall–Kier alpha value is -1.74. The van der Waals surface area contributed by atoms with Crippen LogP contribution in [0.2, 0.25) is 0 Å². The number of hydrogen-bond donors (Lipinski definition) is 2. The van der Waals surface area contributed by atoms with Crippen molar-refractivity contribution in [3.8, 4) is 0 Å². The summed E-state index contributed by atoms with van der Waals surface area (Å²) < 4.78 is 48.3. The molecule has 0 unspecified atom stereocenters. The summed E-state index contributed by atoms with van der Waals surface area (Å²) >= 11 is 0. The van der Waals surface area contributed by atoms with Crippen molar-refractivity contribution in [3.05, 3.63) is 71.8 Å². The monoisotopic (exact) mass is 368 g/mol. The summed E-state index contributed by atoms with van der Waals surface area (Å²) in [5.74, 6) is -0.981. The van der Waals surface area contributed by atoms with E-state index in [1.807, 2.05) is 0 Å². The third-order valence-corrected chi connectivity index (χ3v) is 9.13. The van der Waals surface area contributed by atoms with Crippen molar-refractivity contribution in [2.45, 2.75) is 15.7 Å². The number of rotatable bonds is 7. The summed E-state index contributed by atoms with van der Waals surface area (Å²) in [5, 5.41) is 0. The zero-order valence-electron chi connectivity index (χ0n) is 13.0. The Bertz CT molecular complexity index is 809. The standard InChI is InChI=1S/C16H20N2O4S2/c17-13-16(18,23(19,20)11-14-7-3-1-4-8-14)24(21,22)12-15-9-5-2-6-10-15/h1-10H,11-13,17-18H2. The van der Waals surface area contributed by atoms with E-state index in [4.69, 9.17) is 11.5 Å². The lowest BCUT2D eigenvalue weighted by atomic mass is 10.2. The van der Waals surface area contributed by atoms with Crippen molar-refractivity contribution in [2.24, 2.45) is 11.5 Å². The van der Waals surface area contributed by atoms with E-state index in [0.29, 0.717) is 11.1 Å². The van der Waals surface area contributed by atoms with E-state index in [1.54, 1.807) is 60.7 Å². The van der Waals surface area contributed by atoms with Gasteiger partial charge in [-0.2, -0.15) is 0 Å². The van der Waals surface area contributed by atoms with Crippen molar-refractivity contribution in [1.29, 1.82) is 0 Å². The van der Waals surface area contributed by atoms with Gasteiger partial charge in [0, 0.05) is 6.54 Å². The molecule has 0 aliphatic heterocycles. The van der Waals surface area contributed by atoms with Crippen molar-refractivity contribution in [2.75, 3.05) is 6.54 Å². The van der Waals surface area contributed by atoms with Crippen LogP contribution in [0.3, 0.4) is 0 Å². The molecule has 0 aromatic heterocycles. The fraction of sp³-hybridized carbons (Fsp3) is 0.250. The van der Waals surface area contributed by atoms with Crippen LogP contribution in [0.4, 0.5) is 0 Å². The van der Waals surface area contributed by atoms with Crippen molar-refractivity contribution in [1.82, 2.24) is 0 Å². The molecule has 0 saturated carbocycles. The second kappa shape index (κ2) is 7.02. The third kappa shape index (κ3) is 3.67. The highest BCUT2D eigenvalue weighted by atomic mass is 32.3. The Morgan fingerprint density at radius 2 is 1.04 bits per heavy atom. The predicted octanol–water partition coefficient (Wildman–Crippen LogP) is 0.788. The first-order valence-corrected chi connectivity index (χ1v) is 10.5. The number of hydrogen-bond acceptors (Lipinski definition) is 6. The van der Waals surface area contributed by atoms with E-state index in [9.17, 15) is 16.8 Å². The molecule has 2 aromatic carbocycles. The molecule has 6 nitrogen and oxygen atoms in total. The smallest absolute Gasteiger partial charge is 0.233 e. The van der Waals surface area contributed by atoms with Crippen LogP contribution in [0, 0.1) is 0 Å². The normalized spacial score (nSPS) is 12.9. The van der Waals surface area contributed by atoms with Crippen LogP contribution in [0.15, 0.2) is 60.7 Å². The van der Waals surface area contributed by atoms with E-state index >= 15 is 0 Å². The number of sulfone groups is 2. The molecule has 0 atom stereocenters. The van der Waals surface area contributed by atoms with Crippen LogP contribution in [0.1, 0.15) is 11.1 Å². The first-order valence-electron chi connectivity index (χ1n) is 7.23. The van der Waals surface area contributed by atoms with Gasteiger partial charge < -0.3 is 5.73 Å². The van der Waals surface area contributed by atoms with Crippen LogP contribution in [0.5, 0.6) is 0 Å². The first kappa shape index (κ1) is 18.6. The van der Waals surface area contributed by atoms with Gasteiger partial charge in [-0.1, -0.05) is 60.7 Å². The fourth-order valence-corrected chi connectivity index (χ4v) is 6.44. The second-order valence-electron chi connectivity index (χ2n) is 5.51. The number of nitrogens with two attached hydrogens (primary N) is 2. The molecule has 0 amide bonds. The van der Waals surface area contributed by atoms with Gasteiger partial charge in [0.1, 0.15) is 0 Å². The van der Waals surface area contributed by atoms with Crippen LogP contribution in [-0.4, -0.2) is 27.6 Å². The molecule has 0 spiro atoms. The Kier molecular flexibility index (Phi) is 5.44. The second-order valence-corrected chi connectivity index (χ2v) is 10.3. The van der Waals surface area contributed by atoms with E-state index in [1.165, 1.54) is 0 Å². The molecule has 8 heteroatoms. The Morgan fingerprint density at radius 1 is 0.708 bits per heavy atom. The summed E-state index contributed by atoms with van der Waals surface area (Å²) in [5.41, 5.74) is 12.3. The zero-order chi connectivity index (χ0) is 17.8. The molecule has 0 bridgehead atoms. The van der Waals surface area contributed by atoms with Gasteiger partial charge in [0.25, 0.3) is 0 Å². The lowest BCUT2D eigenvalue weighted by Gasteiger charge is -2.27. The lowest BCUT2D eigenvalue weighted by Crippen LogP contribution is -2.60. The molecule has 130 valence electrons. The molecule has 0 aliphatic carbocycles. The van der Waals surface area contributed by atoms with Crippen molar-refractivity contribution in [3.63, 3.8) is 0 Å². The maximum absolute atomic E-state index is 12.7. The third-order valence-electron chi connectivity index (χ3n) is 3.74. The summed E-state index contributed by atoms with van der Waals surface area (Å²) in [4.78, 5) is 0. The first-order chi connectivity index (χ1) is 11.2. The fourth-order valence-electron chi connectivity index (χ4n) is 2.28. The van der Waals surface area contributed by atoms with Gasteiger partial charge in [-0.3, -0.25) is 5.73 Å². The molecule has 2 rings (SSSR count). The lowest BCUT2D eigenvalue weighted by molar-refractivity contribution is 0.541. The predicted molar refractivity (Wildman–Crippen MR) is 94.1 cm³/mol. The summed E-state index contributed by atoms with van der Waals surface area (Å²) in [6.45, 7) is -0.711. The molecule has 0 heterocycles. The van der Waals surface area contributed by atoms with Gasteiger partial charge in [-0.05, 0) is 11.1 Å². The minimum atomic E-state index is -4.24. The van der Waals surface area contributed by atoms with Gasteiger partial charge >= 0.3 is 0 Å². The maximum atomic E-state index is 12.7. The molecule has 0 radical (unpaired) electrons. The average molecular weight is 368 g/mol. The summed E-state index contributed by atoms with van der Waals surface area (Å²) in [7, 11) is -8.48. The van der Waals surface area contributed by atoms with Gasteiger partial charge in [-0.25, -0.2) is 16.8 Å². The zero-order valence-corrected chi connectivity index (χ0v) is 14.6. The van der Waals surface area contributed by atoms with Gasteiger partial charge in [0.15, 0.2) is 19.7 Å². The maximum Gasteiger partial charge on any atom is 0.233 e. The molecule has 2 aromatic rings. The number of benzene rings is 2. The molecule has 0 saturated heterocycles. The molecular weight excluding hydrogens is 348 g/mol. The minimum absolute atomic E-state index is 0.454. The van der Waals surface area contributed by atoms with Gasteiger partial charge in [-0.15, -0.1) is 0 Å². The van der Waals surface area contributed by atoms with E-state index in [2.05, 4.69) is 0 Å². The van der Waals surface area contributed by atoms with Gasteiger partial charge in [0.2, 0.25) is 4.20 Å². The average Bonchev–Trinajstić information content (AvgIpc) is 2.54. The van der Waals surface area contributed by atoms with Crippen molar-refractivity contribution < 1.29 is 16.8 Å². The van der Waals surface area contributed by atoms with Crippen molar-refractivity contribution >= 4 is 19.7 Å². The van der Waals surface area contributed by atoms with E-state index in [-0.39, 0.29) is 0 Å². The Labute approximate surface area is 142 Å². The Balaban J connectivity index is 2.38. The largest absolute Gasteiger partial charge is 0.327 e. The highest BCUT2D eigenvalue weighted by molar-refractivity contribution is 8.09. The van der Waals surface area contributed by atoms with Crippen LogP contribution < -0.4 is 11.5 Å². The highest BCUT2D eigenvalue weighted by Crippen LogP contribution is 2.25. The van der Waals surface area contributed by atoms with Crippen LogP contribution in [0.25, 0.3) is 0 Å². The van der Waals surface area contributed by atoms with E-state index < -0.39 is 41.9 Å². The molecule has 4 N–H and O–H groups in total. The topological polar surface area (TPSA) is 120 Å². The molecule has 0 aliphatic rings. The summed E-state index contributed by atoms with van der Waals surface area (Å²) in [6, 6.07) is 16.5. The molecule has 0 fully saturated rings. The van der Waals surface area contributed by atoms with E-state index in [0.717, 1.165) is 0 Å². The summed E-state index contributed by atoms with van der Waals surface area (Å²) in [6.07, 6.45) is 0. The SMILES string of the molecule is NCC(N)(S(=O)(=O)Cc1ccccc1)S(=O)(=O)Cc1ccccc1. The van der Waals surface area contributed by atoms with Gasteiger partial charge in [0.05, 0.1) is 11.5 Å².